The highest BCUT2D eigenvalue weighted by Crippen LogP contribution is 2.44. The Morgan fingerprint density at radius 2 is 0.812 bits per heavy atom. The second-order valence-electron chi connectivity index (χ2n) is 16.5. The van der Waals surface area contributed by atoms with Crippen LogP contribution in [0.5, 0.6) is 0 Å². The second kappa shape index (κ2) is 15.0. The van der Waals surface area contributed by atoms with E-state index in [-0.39, 0.29) is 0 Å². The van der Waals surface area contributed by atoms with Crippen LogP contribution in [0.4, 0.5) is 17.1 Å². The van der Waals surface area contributed by atoms with Crippen LogP contribution in [0.2, 0.25) is 0 Å². The summed E-state index contributed by atoms with van der Waals surface area (Å²) in [6.07, 6.45) is 0. The van der Waals surface area contributed by atoms with Crippen molar-refractivity contribution in [3.8, 4) is 33.4 Å². The van der Waals surface area contributed by atoms with E-state index in [0.29, 0.717) is 33.1 Å². The molecule has 0 aliphatic rings. The Bertz CT molecular complexity index is 3810. The van der Waals surface area contributed by atoms with Gasteiger partial charge in [0.15, 0.2) is 0 Å². The molecule has 12 rings (SSSR count). The zero-order chi connectivity index (χ0) is 43.1. The van der Waals surface area contributed by atoms with Crippen molar-refractivity contribution in [2.24, 2.45) is 0 Å². The van der Waals surface area contributed by atoms with Crippen LogP contribution in [0.15, 0.2) is 205 Å². The predicted molar refractivity (Wildman–Crippen MR) is 276 cm³/mol. The number of nitrogens with zero attached hydrogens (tertiary/aromatic N) is 1. The minimum Gasteiger partial charge on any atom is -0.455 e. The van der Waals surface area contributed by atoms with Gasteiger partial charge in [-0.2, -0.15) is 0 Å². The highest BCUT2D eigenvalue weighted by atomic mass is 16.3. The van der Waals surface area contributed by atoms with Gasteiger partial charge in [-0.15, -0.1) is 0 Å². The first kappa shape index (κ1) is 38.0. The van der Waals surface area contributed by atoms with Crippen LogP contribution in [-0.4, -0.2) is 31.4 Å². The van der Waals surface area contributed by atoms with Crippen molar-refractivity contribution in [1.29, 1.82) is 0 Å². The lowest BCUT2D eigenvalue weighted by atomic mass is 9.64. The van der Waals surface area contributed by atoms with Crippen molar-refractivity contribution in [1.82, 2.24) is 0 Å². The summed E-state index contributed by atoms with van der Waals surface area (Å²) in [5, 5.41) is 11.0. The van der Waals surface area contributed by atoms with E-state index in [1.54, 1.807) is 0 Å². The van der Waals surface area contributed by atoms with E-state index in [4.69, 9.17) is 35.8 Å². The minimum atomic E-state index is 0.336. The van der Waals surface area contributed by atoms with Crippen LogP contribution in [0.3, 0.4) is 0 Å². The third kappa shape index (κ3) is 5.93. The number of hydrogen-bond acceptors (Lipinski definition) is 2. The summed E-state index contributed by atoms with van der Waals surface area (Å²) in [5.74, 6) is 0. The average Bonchev–Trinajstić information content (AvgIpc) is 3.74. The first-order chi connectivity index (χ1) is 31.4. The van der Waals surface area contributed by atoms with Gasteiger partial charge in [-0.1, -0.05) is 198 Å². The molecule has 0 spiro atoms. The molecule has 1 heterocycles. The fraction of sp³-hybridized carbons (Fsp3) is 0. The molecule has 0 saturated carbocycles. The molecule has 8 radical (unpaired) electrons. The normalized spacial score (nSPS) is 11.7. The number of para-hydroxylation sites is 2. The summed E-state index contributed by atoms with van der Waals surface area (Å²) in [7, 11) is 28.8. The van der Waals surface area contributed by atoms with Crippen molar-refractivity contribution in [2.45, 2.75) is 0 Å². The van der Waals surface area contributed by atoms with Gasteiger partial charge in [0, 0.05) is 38.7 Å². The molecular weight excluding hydrogens is 770 g/mol. The van der Waals surface area contributed by atoms with Crippen LogP contribution in [0.1, 0.15) is 0 Å². The number of benzene rings is 11. The summed E-state index contributed by atoms with van der Waals surface area (Å²) in [6.45, 7) is 0. The molecule has 11 aromatic carbocycles. The largest absolute Gasteiger partial charge is 0.455 e. The topological polar surface area (TPSA) is 16.4 Å². The maximum absolute atomic E-state index is 7.27. The Morgan fingerprint density at radius 3 is 1.48 bits per heavy atom. The minimum absolute atomic E-state index is 0.336. The van der Waals surface area contributed by atoms with Gasteiger partial charge >= 0.3 is 0 Å². The predicted octanol–water partition coefficient (Wildman–Crippen LogP) is 11.8. The molecule has 0 aliphatic heterocycles. The maximum Gasteiger partial charge on any atom is 0.143 e. The summed E-state index contributed by atoms with van der Waals surface area (Å²) >= 11 is 0. The Labute approximate surface area is 376 Å². The highest BCUT2D eigenvalue weighted by molar-refractivity contribution is 6.63. The average molecular weight is 803 g/mol. The molecule has 0 aliphatic carbocycles. The standard InChI is InChI=1S/C58H33B4NO/c59-52-51(39-28-31-43-38(32-39)25-24-35-14-4-6-16-41(35)43)53(60)55(62)56(54(52)61)63(50-33-37-15-5-7-17-42(37)46-18-8-9-19-47(46)50)40-29-26-36(27-30-40)45-21-11-23-49-48-22-10-20-44(57(48)64-58(45)49)34-12-2-1-3-13-34/h1-33H. The Balaban J connectivity index is 1.04. The van der Waals surface area contributed by atoms with Crippen LogP contribution in [0.25, 0.3) is 98.4 Å². The van der Waals surface area contributed by atoms with Crippen molar-refractivity contribution in [3.63, 3.8) is 0 Å². The number of furan rings is 1. The van der Waals surface area contributed by atoms with Crippen LogP contribution >= 0.6 is 0 Å². The van der Waals surface area contributed by atoms with E-state index < -0.39 is 0 Å². The van der Waals surface area contributed by atoms with Gasteiger partial charge in [-0.3, -0.25) is 0 Å². The molecule has 0 saturated heterocycles. The van der Waals surface area contributed by atoms with E-state index >= 15 is 0 Å². The molecular formula is C58H33B4NO. The van der Waals surface area contributed by atoms with Gasteiger partial charge < -0.3 is 9.32 Å². The summed E-state index contributed by atoms with van der Waals surface area (Å²) in [4.78, 5) is 2.11. The second-order valence-corrected chi connectivity index (χ2v) is 16.5. The first-order valence-electron chi connectivity index (χ1n) is 21.4. The number of anilines is 3. The molecule has 288 valence electrons. The Kier molecular flexibility index (Phi) is 8.91. The van der Waals surface area contributed by atoms with Crippen LogP contribution in [0, 0.1) is 0 Å². The third-order valence-corrected chi connectivity index (χ3v) is 12.9. The monoisotopic (exact) mass is 803 g/mol. The van der Waals surface area contributed by atoms with Gasteiger partial charge in [0.1, 0.15) is 42.6 Å². The third-order valence-electron chi connectivity index (χ3n) is 12.9. The molecule has 64 heavy (non-hydrogen) atoms. The van der Waals surface area contributed by atoms with Gasteiger partial charge in [-0.05, 0) is 84.2 Å². The van der Waals surface area contributed by atoms with E-state index in [9.17, 15) is 0 Å². The van der Waals surface area contributed by atoms with E-state index in [2.05, 4.69) is 193 Å². The van der Waals surface area contributed by atoms with E-state index in [1.807, 2.05) is 12.1 Å². The molecule has 0 fully saturated rings. The summed E-state index contributed by atoms with van der Waals surface area (Å²) < 4.78 is 6.81. The van der Waals surface area contributed by atoms with Crippen LogP contribution < -0.4 is 26.8 Å². The molecule has 0 amide bonds. The molecule has 0 atom stereocenters. The Morgan fingerprint density at radius 1 is 0.328 bits per heavy atom. The van der Waals surface area contributed by atoms with Gasteiger partial charge in [0.25, 0.3) is 0 Å². The lowest BCUT2D eigenvalue weighted by Gasteiger charge is -2.34. The maximum atomic E-state index is 7.27. The highest BCUT2D eigenvalue weighted by Gasteiger charge is 2.25. The number of rotatable bonds is 6. The van der Waals surface area contributed by atoms with E-state index in [1.165, 1.54) is 10.8 Å². The van der Waals surface area contributed by atoms with Crippen molar-refractivity contribution >= 4 is 135 Å². The SMILES string of the molecule is [B]c1c([B])c(N(c2ccc(-c3cccc4c3oc3c(-c5ccccc5)cccc34)cc2)c2cc3ccccc3c3ccccc23)c([B])c([B])c1-c1ccc2c(ccc3ccccc32)c1. The summed E-state index contributed by atoms with van der Waals surface area (Å²) in [6, 6.07) is 69.4. The molecule has 0 bridgehead atoms. The zero-order valence-corrected chi connectivity index (χ0v) is 34.7. The lowest BCUT2D eigenvalue weighted by Crippen LogP contribution is -2.46. The Hall–Kier alpha value is -7.68. The number of hydrogen-bond donors (Lipinski definition) is 0. The molecule has 1 aromatic heterocycles. The molecule has 12 aromatic rings. The fourth-order valence-electron chi connectivity index (χ4n) is 9.83. The van der Waals surface area contributed by atoms with Gasteiger partial charge in [0.05, 0.1) is 5.69 Å². The van der Waals surface area contributed by atoms with Crippen molar-refractivity contribution in [3.05, 3.63) is 200 Å². The first-order valence-corrected chi connectivity index (χ1v) is 21.4. The molecule has 0 unspecified atom stereocenters. The molecule has 6 heteroatoms. The van der Waals surface area contributed by atoms with Gasteiger partial charge in [0.2, 0.25) is 0 Å². The number of fused-ring (bicyclic) bond motifs is 9. The molecule has 0 N–H and O–H groups in total. The van der Waals surface area contributed by atoms with Gasteiger partial charge in [-0.25, -0.2) is 0 Å². The smallest absolute Gasteiger partial charge is 0.143 e. The lowest BCUT2D eigenvalue weighted by molar-refractivity contribution is 0.671. The fourth-order valence-corrected chi connectivity index (χ4v) is 9.83. The van der Waals surface area contributed by atoms with Crippen molar-refractivity contribution < 1.29 is 4.42 Å². The van der Waals surface area contributed by atoms with Crippen LogP contribution in [-0.2, 0) is 0 Å². The zero-order valence-electron chi connectivity index (χ0n) is 34.7. The van der Waals surface area contributed by atoms with Crippen molar-refractivity contribution in [2.75, 3.05) is 4.90 Å². The van der Waals surface area contributed by atoms with E-state index in [0.717, 1.165) is 93.4 Å². The quantitative estimate of drug-likeness (QED) is 0.123. The molecule has 2 nitrogen and oxygen atoms in total. The summed E-state index contributed by atoms with van der Waals surface area (Å²) in [5.41, 5.74) is 10.9.